The van der Waals surface area contributed by atoms with Gasteiger partial charge in [-0.25, -0.2) is 0 Å². The van der Waals surface area contributed by atoms with Crippen molar-refractivity contribution in [1.29, 1.82) is 0 Å². The fourth-order valence-corrected chi connectivity index (χ4v) is 2.19. The molecule has 0 fully saturated rings. The second-order valence-electron chi connectivity index (χ2n) is 5.61. The average Bonchev–Trinajstić information content (AvgIpc) is 2.52. The predicted octanol–water partition coefficient (Wildman–Crippen LogP) is 2.65. The molecule has 0 bridgehead atoms. The zero-order valence-electron chi connectivity index (χ0n) is 13.2. The van der Waals surface area contributed by atoms with Crippen LogP contribution in [0.3, 0.4) is 0 Å². The van der Waals surface area contributed by atoms with Crippen LogP contribution < -0.4 is 15.4 Å². The molecule has 122 valence electrons. The predicted molar refractivity (Wildman–Crippen MR) is 91.9 cm³/mol. The maximum Gasteiger partial charge on any atom is 0.258 e. The van der Waals surface area contributed by atoms with Crippen LogP contribution in [0, 0.1) is 0 Å². The van der Waals surface area contributed by atoms with Crippen LogP contribution in [0.2, 0.25) is 0 Å². The van der Waals surface area contributed by atoms with E-state index in [-0.39, 0.29) is 24.9 Å². The van der Waals surface area contributed by atoms with Crippen LogP contribution >= 0.6 is 12.4 Å². The highest BCUT2D eigenvalue weighted by Crippen LogP contribution is 2.18. The van der Waals surface area contributed by atoms with Gasteiger partial charge in [-0.15, -0.1) is 12.4 Å². The number of nitrogens with one attached hydrogen (secondary N) is 2. The number of hydrogen-bond acceptors (Lipinski definition) is 3. The number of amides is 1. The first-order valence-electron chi connectivity index (χ1n) is 7.53. The summed E-state index contributed by atoms with van der Waals surface area (Å²) in [6.07, 6.45) is 3.13. The van der Waals surface area contributed by atoms with Gasteiger partial charge in [0.05, 0.1) is 0 Å². The van der Waals surface area contributed by atoms with Crippen LogP contribution in [0.25, 0.3) is 0 Å². The maximum atomic E-state index is 11.8. The lowest BCUT2D eigenvalue weighted by Gasteiger charge is -2.14. The molecule has 1 aliphatic heterocycles. The lowest BCUT2D eigenvalue weighted by Crippen LogP contribution is -2.32. The van der Waals surface area contributed by atoms with Crippen molar-refractivity contribution < 1.29 is 9.53 Å². The molecule has 0 aliphatic carbocycles. The number of hydrogen-bond donors (Lipinski definition) is 2. The van der Waals surface area contributed by atoms with Crippen molar-refractivity contribution in [3.05, 3.63) is 41.5 Å². The Hall–Kier alpha value is -1.52. The molecule has 1 aromatic rings. The summed E-state index contributed by atoms with van der Waals surface area (Å²) in [5.74, 6) is 1.15. The maximum absolute atomic E-state index is 11.8. The summed E-state index contributed by atoms with van der Waals surface area (Å²) in [5, 5.41) is 6.14. The number of rotatable bonds is 6. The highest BCUT2D eigenvalue weighted by atomic mass is 35.5. The van der Waals surface area contributed by atoms with Gasteiger partial charge in [0, 0.05) is 13.1 Å². The number of ether oxygens (including phenoxy) is 1. The first kappa shape index (κ1) is 18.5. The van der Waals surface area contributed by atoms with Gasteiger partial charge in [-0.05, 0) is 36.6 Å². The second-order valence-corrected chi connectivity index (χ2v) is 5.61. The Morgan fingerprint density at radius 1 is 1.32 bits per heavy atom. The monoisotopic (exact) mass is 324 g/mol. The van der Waals surface area contributed by atoms with E-state index in [2.05, 4.69) is 30.6 Å². The van der Waals surface area contributed by atoms with E-state index in [4.69, 9.17) is 4.74 Å². The summed E-state index contributed by atoms with van der Waals surface area (Å²) in [6, 6.07) is 7.91. The molecule has 2 rings (SSSR count). The van der Waals surface area contributed by atoms with Crippen molar-refractivity contribution in [3.8, 4) is 5.75 Å². The van der Waals surface area contributed by atoms with Gasteiger partial charge in [-0.1, -0.05) is 37.6 Å². The molecule has 0 saturated heterocycles. The molecular weight excluding hydrogens is 300 g/mol. The van der Waals surface area contributed by atoms with Crippen LogP contribution in [-0.4, -0.2) is 32.1 Å². The smallest absolute Gasteiger partial charge is 0.258 e. The minimum absolute atomic E-state index is 0. The molecule has 1 aromatic carbocycles. The lowest BCUT2D eigenvalue weighted by molar-refractivity contribution is -0.122. The summed E-state index contributed by atoms with van der Waals surface area (Å²) >= 11 is 0. The van der Waals surface area contributed by atoms with E-state index in [1.165, 1.54) is 11.1 Å². The minimum Gasteiger partial charge on any atom is -0.484 e. The topological polar surface area (TPSA) is 50.4 Å². The SMILES string of the molecule is CC(C)c1ccc(OCC(=O)NCC2=CCNCC2)cc1.Cl. The Bertz CT molecular complexity index is 498. The minimum atomic E-state index is -0.0811. The average molecular weight is 325 g/mol. The van der Waals surface area contributed by atoms with Gasteiger partial charge in [0.1, 0.15) is 5.75 Å². The molecule has 22 heavy (non-hydrogen) atoms. The zero-order valence-corrected chi connectivity index (χ0v) is 14.0. The van der Waals surface area contributed by atoms with Crippen molar-refractivity contribution in [2.75, 3.05) is 26.2 Å². The Balaban J connectivity index is 0.00000242. The first-order valence-corrected chi connectivity index (χ1v) is 7.53. The highest BCUT2D eigenvalue weighted by molar-refractivity contribution is 5.85. The fraction of sp³-hybridized carbons (Fsp3) is 0.471. The lowest BCUT2D eigenvalue weighted by atomic mass is 10.0. The van der Waals surface area contributed by atoms with Crippen LogP contribution in [0.5, 0.6) is 5.75 Å². The van der Waals surface area contributed by atoms with Crippen molar-refractivity contribution in [2.24, 2.45) is 0 Å². The zero-order chi connectivity index (χ0) is 15.1. The Kier molecular flexibility index (Phi) is 7.99. The van der Waals surface area contributed by atoms with E-state index in [0.717, 1.165) is 25.3 Å². The third-order valence-electron chi connectivity index (χ3n) is 3.59. The number of halogens is 1. The highest BCUT2D eigenvalue weighted by Gasteiger charge is 2.07. The Morgan fingerprint density at radius 3 is 2.64 bits per heavy atom. The molecule has 4 nitrogen and oxygen atoms in total. The molecule has 1 heterocycles. The quantitative estimate of drug-likeness (QED) is 0.791. The summed E-state index contributed by atoms with van der Waals surface area (Å²) in [6.45, 7) is 6.87. The van der Waals surface area contributed by atoms with Gasteiger partial charge < -0.3 is 15.4 Å². The van der Waals surface area contributed by atoms with Crippen LogP contribution in [-0.2, 0) is 4.79 Å². The molecule has 0 spiro atoms. The van der Waals surface area contributed by atoms with E-state index in [1.807, 2.05) is 24.3 Å². The van der Waals surface area contributed by atoms with Crippen molar-refractivity contribution >= 4 is 18.3 Å². The largest absolute Gasteiger partial charge is 0.484 e. The number of benzene rings is 1. The molecule has 0 saturated carbocycles. The van der Waals surface area contributed by atoms with E-state index >= 15 is 0 Å². The van der Waals surface area contributed by atoms with Gasteiger partial charge in [0.2, 0.25) is 0 Å². The molecule has 5 heteroatoms. The molecule has 0 unspecified atom stereocenters. The Morgan fingerprint density at radius 2 is 2.05 bits per heavy atom. The van der Waals surface area contributed by atoms with Gasteiger partial charge in [-0.2, -0.15) is 0 Å². The molecule has 1 amide bonds. The molecule has 2 N–H and O–H groups in total. The van der Waals surface area contributed by atoms with Gasteiger partial charge >= 0.3 is 0 Å². The summed E-state index contributed by atoms with van der Waals surface area (Å²) < 4.78 is 5.50. The molecule has 1 aliphatic rings. The number of carbonyl (C=O) groups is 1. The van der Waals surface area contributed by atoms with E-state index in [1.54, 1.807) is 0 Å². The summed E-state index contributed by atoms with van der Waals surface area (Å²) in [5.41, 5.74) is 2.55. The normalized spacial score (nSPS) is 14.0. The second kappa shape index (κ2) is 9.49. The van der Waals surface area contributed by atoms with E-state index in [0.29, 0.717) is 12.5 Å². The van der Waals surface area contributed by atoms with Gasteiger partial charge in [0.15, 0.2) is 6.61 Å². The van der Waals surface area contributed by atoms with E-state index < -0.39 is 0 Å². The van der Waals surface area contributed by atoms with Crippen LogP contribution in [0.1, 0.15) is 31.7 Å². The molecular formula is C17H25ClN2O2. The number of carbonyl (C=O) groups excluding carboxylic acids is 1. The fourth-order valence-electron chi connectivity index (χ4n) is 2.19. The van der Waals surface area contributed by atoms with Gasteiger partial charge in [0.25, 0.3) is 5.91 Å². The molecule has 0 aromatic heterocycles. The summed E-state index contributed by atoms with van der Waals surface area (Å²) in [4.78, 5) is 11.8. The molecule has 0 atom stereocenters. The summed E-state index contributed by atoms with van der Waals surface area (Å²) in [7, 11) is 0. The van der Waals surface area contributed by atoms with Crippen molar-refractivity contribution in [3.63, 3.8) is 0 Å². The van der Waals surface area contributed by atoms with Crippen molar-refractivity contribution in [2.45, 2.75) is 26.2 Å². The third-order valence-corrected chi connectivity index (χ3v) is 3.59. The van der Waals surface area contributed by atoms with Gasteiger partial charge in [-0.3, -0.25) is 4.79 Å². The first-order chi connectivity index (χ1) is 10.1. The Labute approximate surface area is 138 Å². The van der Waals surface area contributed by atoms with Crippen LogP contribution in [0.4, 0.5) is 0 Å². The van der Waals surface area contributed by atoms with Crippen molar-refractivity contribution in [1.82, 2.24) is 10.6 Å². The van der Waals surface area contributed by atoms with E-state index in [9.17, 15) is 4.79 Å². The molecule has 0 radical (unpaired) electrons. The standard InChI is InChI=1S/C17H24N2O2.ClH/c1-13(2)15-3-5-16(6-4-15)21-12-17(20)19-11-14-7-9-18-10-8-14;/h3-7,13,18H,8-12H2,1-2H3,(H,19,20);1H. The third kappa shape index (κ3) is 6.08. The van der Waals surface area contributed by atoms with Crippen LogP contribution in [0.15, 0.2) is 35.9 Å².